The molecule has 106 valence electrons. The van der Waals surface area contributed by atoms with Crippen molar-refractivity contribution in [3.05, 3.63) is 33.4 Å². The summed E-state index contributed by atoms with van der Waals surface area (Å²) in [5, 5.41) is 28.1. The maximum atomic E-state index is 11.0. The fourth-order valence-electron chi connectivity index (χ4n) is 1.24. The standard InChI is InChI=1S/C11H4Cl2N4O3S/c12-7-2-11(21(18,19)20)8(13)1-9(7)17-10(5-16)6(3-14)4-15/h1-2,17H,(H,18,19,20). The summed E-state index contributed by atoms with van der Waals surface area (Å²) in [5.74, 6) is 0. The molecule has 0 aliphatic carbocycles. The Morgan fingerprint density at radius 1 is 1.10 bits per heavy atom. The van der Waals surface area contributed by atoms with E-state index in [0.29, 0.717) is 0 Å². The van der Waals surface area contributed by atoms with Crippen molar-refractivity contribution in [2.75, 3.05) is 5.32 Å². The van der Waals surface area contributed by atoms with Crippen LogP contribution in [0.25, 0.3) is 0 Å². The molecule has 1 aromatic rings. The Morgan fingerprint density at radius 2 is 1.67 bits per heavy atom. The average Bonchev–Trinajstić information content (AvgIpc) is 2.40. The molecule has 0 saturated heterocycles. The van der Waals surface area contributed by atoms with E-state index in [4.69, 9.17) is 43.5 Å². The van der Waals surface area contributed by atoms with Gasteiger partial charge in [0, 0.05) is 0 Å². The number of allylic oxidation sites excluding steroid dienone is 2. The van der Waals surface area contributed by atoms with Gasteiger partial charge in [-0.15, -0.1) is 0 Å². The van der Waals surface area contributed by atoms with E-state index in [1.165, 1.54) is 12.1 Å². The maximum Gasteiger partial charge on any atom is 0.296 e. The molecule has 0 saturated carbocycles. The van der Waals surface area contributed by atoms with E-state index in [0.717, 1.165) is 12.1 Å². The van der Waals surface area contributed by atoms with Crippen LogP contribution in [0.4, 0.5) is 5.69 Å². The van der Waals surface area contributed by atoms with Gasteiger partial charge in [0.05, 0.1) is 15.7 Å². The summed E-state index contributed by atoms with van der Waals surface area (Å²) in [6, 6.07) is 6.54. The second kappa shape index (κ2) is 6.45. The Kier molecular flexibility index (Phi) is 5.15. The van der Waals surface area contributed by atoms with Gasteiger partial charge in [-0.05, 0) is 12.1 Å². The molecule has 0 spiro atoms. The fraction of sp³-hybridized carbons (Fsp3) is 0. The Hall–Kier alpha value is -2.28. The lowest BCUT2D eigenvalue weighted by Crippen LogP contribution is -2.04. The number of hydrogen-bond donors (Lipinski definition) is 2. The second-order valence-electron chi connectivity index (χ2n) is 3.45. The predicted octanol–water partition coefficient (Wildman–Crippen LogP) is 2.48. The summed E-state index contributed by atoms with van der Waals surface area (Å²) in [5.41, 5.74) is -0.866. The Bertz CT molecular complexity index is 841. The number of nitrogens with zero attached hydrogens (tertiary/aromatic N) is 3. The van der Waals surface area contributed by atoms with Crippen molar-refractivity contribution in [3.63, 3.8) is 0 Å². The third-order valence-corrected chi connectivity index (χ3v) is 3.78. The highest BCUT2D eigenvalue weighted by Gasteiger charge is 2.18. The lowest BCUT2D eigenvalue weighted by Gasteiger charge is -2.09. The van der Waals surface area contributed by atoms with Gasteiger partial charge >= 0.3 is 0 Å². The largest absolute Gasteiger partial charge is 0.344 e. The summed E-state index contributed by atoms with van der Waals surface area (Å²) in [7, 11) is -4.56. The molecule has 0 unspecified atom stereocenters. The number of anilines is 1. The van der Waals surface area contributed by atoms with E-state index >= 15 is 0 Å². The van der Waals surface area contributed by atoms with Crippen LogP contribution in [0, 0.1) is 34.0 Å². The number of halogens is 2. The average molecular weight is 343 g/mol. The third-order valence-electron chi connectivity index (χ3n) is 2.14. The van der Waals surface area contributed by atoms with Crippen LogP contribution in [-0.4, -0.2) is 13.0 Å². The van der Waals surface area contributed by atoms with E-state index in [-0.39, 0.29) is 21.4 Å². The minimum atomic E-state index is -4.56. The van der Waals surface area contributed by atoms with Crippen LogP contribution in [0.2, 0.25) is 10.0 Å². The van der Waals surface area contributed by atoms with Crippen LogP contribution in [-0.2, 0) is 10.1 Å². The summed E-state index contributed by atoms with van der Waals surface area (Å²) in [6.45, 7) is 0. The highest BCUT2D eigenvalue weighted by Crippen LogP contribution is 2.32. The summed E-state index contributed by atoms with van der Waals surface area (Å²) >= 11 is 11.5. The first-order valence-electron chi connectivity index (χ1n) is 4.92. The van der Waals surface area contributed by atoms with Crippen molar-refractivity contribution < 1.29 is 13.0 Å². The number of benzene rings is 1. The predicted molar refractivity (Wildman–Crippen MR) is 73.8 cm³/mol. The third kappa shape index (κ3) is 3.85. The minimum absolute atomic E-state index is 0.00591. The molecule has 21 heavy (non-hydrogen) atoms. The zero-order chi connectivity index (χ0) is 16.2. The van der Waals surface area contributed by atoms with Crippen molar-refractivity contribution in [1.29, 1.82) is 15.8 Å². The Labute approximate surface area is 130 Å². The van der Waals surface area contributed by atoms with Crippen LogP contribution < -0.4 is 5.32 Å². The molecule has 1 rings (SSSR count). The molecule has 0 radical (unpaired) electrons. The number of nitriles is 3. The van der Waals surface area contributed by atoms with Gasteiger partial charge in [0.15, 0.2) is 5.57 Å². The van der Waals surface area contributed by atoms with E-state index in [1.54, 1.807) is 6.07 Å². The van der Waals surface area contributed by atoms with Crippen LogP contribution in [0.15, 0.2) is 28.3 Å². The molecule has 0 aliphatic rings. The van der Waals surface area contributed by atoms with Crippen LogP contribution in [0.3, 0.4) is 0 Å². The molecular formula is C11H4Cl2N4O3S. The zero-order valence-corrected chi connectivity index (χ0v) is 12.3. The summed E-state index contributed by atoms with van der Waals surface area (Å²) < 4.78 is 31.0. The smallest absolute Gasteiger partial charge is 0.296 e. The van der Waals surface area contributed by atoms with E-state index in [2.05, 4.69) is 5.32 Å². The first-order chi connectivity index (χ1) is 9.74. The SMILES string of the molecule is N#CC(C#N)=C(C#N)Nc1cc(Cl)c(S(=O)(=O)O)cc1Cl. The van der Waals surface area contributed by atoms with Crippen molar-refractivity contribution in [1.82, 2.24) is 0 Å². The fourth-order valence-corrected chi connectivity index (χ4v) is 2.54. The Balaban J connectivity index is 3.41. The molecule has 0 aromatic heterocycles. The van der Waals surface area contributed by atoms with Crippen LogP contribution >= 0.6 is 23.2 Å². The highest BCUT2D eigenvalue weighted by molar-refractivity contribution is 7.86. The monoisotopic (exact) mass is 342 g/mol. The van der Waals surface area contributed by atoms with Crippen LogP contribution in [0.5, 0.6) is 0 Å². The van der Waals surface area contributed by atoms with Gasteiger partial charge in [-0.2, -0.15) is 24.2 Å². The number of hydrogen-bond acceptors (Lipinski definition) is 6. The van der Waals surface area contributed by atoms with Crippen molar-refractivity contribution in [2.45, 2.75) is 4.90 Å². The van der Waals surface area contributed by atoms with Gasteiger partial charge in [0.1, 0.15) is 28.8 Å². The topological polar surface area (TPSA) is 138 Å². The molecule has 0 aliphatic heterocycles. The molecule has 10 heteroatoms. The van der Waals surface area contributed by atoms with Crippen molar-refractivity contribution in [3.8, 4) is 18.2 Å². The lowest BCUT2D eigenvalue weighted by atomic mass is 10.2. The number of nitrogens with one attached hydrogen (secondary N) is 1. The molecule has 0 heterocycles. The molecule has 7 nitrogen and oxygen atoms in total. The maximum absolute atomic E-state index is 11.0. The first-order valence-corrected chi connectivity index (χ1v) is 7.12. The van der Waals surface area contributed by atoms with Gasteiger partial charge in [-0.3, -0.25) is 4.55 Å². The first kappa shape index (κ1) is 16.8. The quantitative estimate of drug-likeness (QED) is 0.635. The molecule has 0 atom stereocenters. The molecule has 0 bridgehead atoms. The van der Waals surface area contributed by atoms with E-state index < -0.39 is 20.6 Å². The highest BCUT2D eigenvalue weighted by atomic mass is 35.5. The van der Waals surface area contributed by atoms with Crippen molar-refractivity contribution in [2.24, 2.45) is 0 Å². The molecule has 0 amide bonds. The molecule has 0 fully saturated rings. The van der Waals surface area contributed by atoms with Gasteiger partial charge in [-0.25, -0.2) is 0 Å². The molecule has 1 aromatic carbocycles. The van der Waals surface area contributed by atoms with Gasteiger partial charge in [0.25, 0.3) is 10.1 Å². The normalized spacial score (nSPS) is 9.90. The van der Waals surface area contributed by atoms with Crippen LogP contribution in [0.1, 0.15) is 0 Å². The zero-order valence-electron chi connectivity index (χ0n) is 9.92. The second-order valence-corrected chi connectivity index (χ2v) is 5.65. The van der Waals surface area contributed by atoms with Gasteiger partial charge < -0.3 is 5.32 Å². The lowest BCUT2D eigenvalue weighted by molar-refractivity contribution is 0.483. The molecular weight excluding hydrogens is 339 g/mol. The number of rotatable bonds is 3. The van der Waals surface area contributed by atoms with E-state index in [1.807, 2.05) is 0 Å². The van der Waals surface area contributed by atoms with Gasteiger partial charge in [-0.1, -0.05) is 23.2 Å². The van der Waals surface area contributed by atoms with E-state index in [9.17, 15) is 8.42 Å². The summed E-state index contributed by atoms with van der Waals surface area (Å²) in [4.78, 5) is -0.608. The Morgan fingerprint density at radius 3 is 2.10 bits per heavy atom. The minimum Gasteiger partial charge on any atom is -0.344 e. The summed E-state index contributed by atoms with van der Waals surface area (Å²) in [6.07, 6.45) is 0. The van der Waals surface area contributed by atoms with Gasteiger partial charge in [0.2, 0.25) is 0 Å². The molecule has 2 N–H and O–H groups in total. The van der Waals surface area contributed by atoms with Crippen molar-refractivity contribution >= 4 is 39.0 Å².